The van der Waals surface area contributed by atoms with Crippen LogP contribution in [0.15, 0.2) is 77.7 Å². The first-order valence-corrected chi connectivity index (χ1v) is 13.1. The zero-order valence-electron chi connectivity index (χ0n) is 19.0. The summed E-state index contributed by atoms with van der Waals surface area (Å²) in [6, 6.07) is 20.0. The Bertz CT molecular complexity index is 1290. The summed E-state index contributed by atoms with van der Waals surface area (Å²) in [7, 11) is -3.80. The number of amides is 1. The van der Waals surface area contributed by atoms with Gasteiger partial charge in [-0.2, -0.15) is 0 Å². The molecule has 0 aromatic heterocycles. The molecule has 0 saturated carbocycles. The van der Waals surface area contributed by atoms with Gasteiger partial charge in [0.2, 0.25) is 0 Å². The highest BCUT2D eigenvalue weighted by molar-refractivity contribution is 7.92. The van der Waals surface area contributed by atoms with Gasteiger partial charge in [0.05, 0.1) is 21.5 Å². The molecule has 0 spiro atoms. The Morgan fingerprint density at radius 3 is 2.41 bits per heavy atom. The second kappa shape index (κ2) is 9.68. The van der Waals surface area contributed by atoms with Crippen LogP contribution in [0.4, 0.5) is 5.69 Å². The fourth-order valence-corrected chi connectivity index (χ4v) is 5.52. The normalized spacial score (nSPS) is 16.7. The average molecular weight is 499 g/mol. The maximum Gasteiger partial charge on any atom is 0.261 e. The van der Waals surface area contributed by atoms with Crippen molar-refractivity contribution in [1.29, 1.82) is 0 Å². The number of fused-ring (bicyclic) bond motifs is 1. The molecule has 0 fully saturated rings. The summed E-state index contributed by atoms with van der Waals surface area (Å²) >= 11 is 6.35. The van der Waals surface area contributed by atoms with Gasteiger partial charge in [-0.1, -0.05) is 61.8 Å². The van der Waals surface area contributed by atoms with Crippen LogP contribution in [0.3, 0.4) is 0 Å². The van der Waals surface area contributed by atoms with Crippen molar-refractivity contribution >= 4 is 33.2 Å². The van der Waals surface area contributed by atoms with Crippen LogP contribution in [0.2, 0.25) is 5.02 Å². The Labute approximate surface area is 205 Å². The molecule has 1 aliphatic heterocycles. The first-order chi connectivity index (χ1) is 16.3. The van der Waals surface area contributed by atoms with Crippen molar-refractivity contribution in [1.82, 2.24) is 5.32 Å². The van der Waals surface area contributed by atoms with E-state index in [1.807, 2.05) is 24.3 Å². The predicted molar refractivity (Wildman–Crippen MR) is 134 cm³/mol. The molecule has 1 amide bonds. The average Bonchev–Trinajstić information content (AvgIpc) is 2.85. The van der Waals surface area contributed by atoms with Crippen LogP contribution >= 0.6 is 11.6 Å². The molecule has 3 aromatic rings. The molecule has 2 N–H and O–H groups in total. The largest absolute Gasteiger partial charge is 0.487 e. The summed E-state index contributed by atoms with van der Waals surface area (Å²) in [5.74, 6) is 0.381. The van der Waals surface area contributed by atoms with Crippen molar-refractivity contribution in [2.75, 3.05) is 4.72 Å². The number of anilines is 1. The third-order valence-electron chi connectivity index (χ3n) is 6.31. The van der Waals surface area contributed by atoms with Crippen LogP contribution in [0.1, 0.15) is 55.1 Å². The highest BCUT2D eigenvalue weighted by Crippen LogP contribution is 2.42. The molecular weight excluding hydrogens is 472 g/mol. The molecule has 6 nitrogen and oxygen atoms in total. The topological polar surface area (TPSA) is 84.5 Å². The molecule has 8 heteroatoms. The minimum absolute atomic E-state index is 0.130. The van der Waals surface area contributed by atoms with Gasteiger partial charge in [-0.05, 0) is 49.2 Å². The van der Waals surface area contributed by atoms with E-state index in [9.17, 15) is 13.2 Å². The molecule has 4 rings (SSSR count). The lowest BCUT2D eigenvalue weighted by Gasteiger charge is -2.41. The van der Waals surface area contributed by atoms with Crippen LogP contribution in [0, 0.1) is 0 Å². The molecule has 3 aromatic carbocycles. The van der Waals surface area contributed by atoms with Gasteiger partial charge in [0.25, 0.3) is 15.9 Å². The number of halogens is 1. The molecule has 34 heavy (non-hydrogen) atoms. The Morgan fingerprint density at radius 1 is 1.03 bits per heavy atom. The fraction of sp³-hybridized carbons (Fsp3) is 0.269. The van der Waals surface area contributed by atoms with Crippen molar-refractivity contribution in [2.45, 2.75) is 49.6 Å². The number of ether oxygens (including phenoxy) is 1. The van der Waals surface area contributed by atoms with Gasteiger partial charge in [-0.3, -0.25) is 9.52 Å². The van der Waals surface area contributed by atoms with Crippen molar-refractivity contribution in [2.24, 2.45) is 0 Å². The Hall–Kier alpha value is -3.03. The smallest absolute Gasteiger partial charge is 0.261 e. The number of carbonyl (C=O) groups excluding carboxylic acids is 1. The zero-order valence-corrected chi connectivity index (χ0v) is 20.6. The van der Waals surface area contributed by atoms with Crippen molar-refractivity contribution in [3.05, 3.63) is 88.9 Å². The van der Waals surface area contributed by atoms with Crippen molar-refractivity contribution < 1.29 is 17.9 Å². The van der Waals surface area contributed by atoms with E-state index in [4.69, 9.17) is 16.3 Å². The number of rotatable bonds is 7. The van der Waals surface area contributed by atoms with Crippen LogP contribution in [0.25, 0.3) is 0 Å². The molecule has 178 valence electrons. The third-order valence-corrected chi connectivity index (χ3v) is 8.03. The maximum absolute atomic E-state index is 13.3. The van der Waals surface area contributed by atoms with Gasteiger partial charge in [0.1, 0.15) is 11.4 Å². The molecule has 0 bridgehead atoms. The molecule has 0 radical (unpaired) electrons. The number of hydrogen-bond donors (Lipinski definition) is 2. The number of carbonyl (C=O) groups is 1. The summed E-state index contributed by atoms with van der Waals surface area (Å²) in [6.45, 7) is 4.16. The lowest BCUT2D eigenvalue weighted by Crippen LogP contribution is -2.44. The Kier molecular flexibility index (Phi) is 6.86. The number of benzene rings is 3. The van der Waals surface area contributed by atoms with Gasteiger partial charge < -0.3 is 10.1 Å². The monoisotopic (exact) mass is 498 g/mol. The molecule has 1 heterocycles. The molecule has 0 saturated heterocycles. The Morgan fingerprint density at radius 2 is 1.71 bits per heavy atom. The molecule has 0 aliphatic carbocycles. The van der Waals surface area contributed by atoms with E-state index in [1.165, 1.54) is 30.3 Å². The number of hydrogen-bond acceptors (Lipinski definition) is 4. The lowest BCUT2D eigenvalue weighted by molar-refractivity contribution is 0.0227. The second-order valence-electron chi connectivity index (χ2n) is 8.37. The number of para-hydroxylation sites is 1. The highest BCUT2D eigenvalue weighted by atomic mass is 35.5. The third kappa shape index (κ3) is 4.91. The summed E-state index contributed by atoms with van der Waals surface area (Å²) in [4.78, 5) is 13.4. The minimum Gasteiger partial charge on any atom is -0.487 e. The SMILES string of the molecule is CCC1(CC)C[C@H](NC(=O)c2cc(NS(=O)(=O)c3ccccc3)ccc2Cl)c2ccccc2O1. The predicted octanol–water partition coefficient (Wildman–Crippen LogP) is 5.95. The summed E-state index contributed by atoms with van der Waals surface area (Å²) in [5.41, 5.74) is 0.980. The van der Waals surface area contributed by atoms with Gasteiger partial charge in [0, 0.05) is 17.7 Å². The first kappa shape index (κ1) is 24.1. The van der Waals surface area contributed by atoms with E-state index in [-0.39, 0.29) is 38.7 Å². The van der Waals surface area contributed by atoms with E-state index in [0.717, 1.165) is 24.2 Å². The van der Waals surface area contributed by atoms with E-state index < -0.39 is 10.0 Å². The minimum atomic E-state index is -3.80. The van der Waals surface area contributed by atoms with E-state index in [1.54, 1.807) is 18.2 Å². The van der Waals surface area contributed by atoms with Crippen molar-refractivity contribution in [3.8, 4) is 5.75 Å². The summed E-state index contributed by atoms with van der Waals surface area (Å²) < 4.78 is 34.2. The van der Waals surface area contributed by atoms with Crippen molar-refractivity contribution in [3.63, 3.8) is 0 Å². The molecular formula is C26H27ClN2O4S. The van der Waals surface area contributed by atoms with Gasteiger partial charge >= 0.3 is 0 Å². The van der Waals surface area contributed by atoms with Crippen LogP contribution in [-0.4, -0.2) is 19.9 Å². The van der Waals surface area contributed by atoms with E-state index in [0.29, 0.717) is 6.42 Å². The standard InChI is InChI=1S/C26H27ClN2O4S/c1-3-26(4-2)17-23(20-12-8-9-13-24(20)33-26)28-25(30)21-16-18(14-15-22(21)27)29-34(31,32)19-10-6-5-7-11-19/h5-16,23,29H,3-4,17H2,1-2H3,(H,28,30)/t23-/m0/s1. The molecule has 1 atom stereocenters. The summed E-state index contributed by atoms with van der Waals surface area (Å²) in [5, 5.41) is 3.33. The highest BCUT2D eigenvalue weighted by Gasteiger charge is 2.39. The first-order valence-electron chi connectivity index (χ1n) is 11.2. The summed E-state index contributed by atoms with van der Waals surface area (Å²) in [6.07, 6.45) is 2.24. The lowest BCUT2D eigenvalue weighted by atomic mass is 9.83. The van der Waals surface area contributed by atoms with Gasteiger partial charge in [0.15, 0.2) is 0 Å². The quantitative estimate of drug-likeness (QED) is 0.421. The molecule has 1 aliphatic rings. The fourth-order valence-electron chi connectivity index (χ4n) is 4.24. The Balaban J connectivity index is 1.60. The van der Waals surface area contributed by atoms with Crippen LogP contribution < -0.4 is 14.8 Å². The van der Waals surface area contributed by atoms with E-state index in [2.05, 4.69) is 23.9 Å². The number of nitrogens with one attached hydrogen (secondary N) is 2. The van der Waals surface area contributed by atoms with Crippen LogP contribution in [-0.2, 0) is 10.0 Å². The van der Waals surface area contributed by atoms with Gasteiger partial charge in [-0.15, -0.1) is 0 Å². The molecule has 0 unspecified atom stereocenters. The zero-order chi connectivity index (χ0) is 24.3. The maximum atomic E-state index is 13.3. The van der Waals surface area contributed by atoms with Gasteiger partial charge in [-0.25, -0.2) is 8.42 Å². The second-order valence-corrected chi connectivity index (χ2v) is 10.5. The van der Waals surface area contributed by atoms with Crippen LogP contribution in [0.5, 0.6) is 5.75 Å². The van der Waals surface area contributed by atoms with E-state index >= 15 is 0 Å². The number of sulfonamides is 1.